The molecule has 1 amide bonds. The number of anilines is 1. The number of carbonyl (C=O) groups excluding carboxylic acids is 1. The fourth-order valence-electron chi connectivity index (χ4n) is 0.861. The summed E-state index contributed by atoms with van der Waals surface area (Å²) in [4.78, 5) is 14.6. The van der Waals surface area contributed by atoms with Gasteiger partial charge in [0.15, 0.2) is 0 Å². The van der Waals surface area contributed by atoms with Crippen molar-refractivity contribution in [3.8, 4) is 0 Å². The van der Waals surface area contributed by atoms with E-state index in [4.69, 9.17) is 10.0 Å². The molecule has 0 aliphatic rings. The van der Waals surface area contributed by atoms with E-state index in [0.29, 0.717) is 5.69 Å². The van der Waals surface area contributed by atoms with Crippen LogP contribution in [0.15, 0.2) is 31.0 Å². The number of pyridine rings is 1. The zero-order valence-corrected chi connectivity index (χ0v) is 7.34. The third-order valence-electron chi connectivity index (χ3n) is 1.50. The largest absolute Gasteiger partial charge is 0.508 e. The summed E-state index contributed by atoms with van der Waals surface area (Å²) in [5.41, 5.74) is 0.514. The van der Waals surface area contributed by atoms with E-state index < -0.39 is 7.12 Å². The molecule has 1 aromatic heterocycles. The van der Waals surface area contributed by atoms with Crippen LogP contribution in [0.2, 0.25) is 0 Å². The van der Waals surface area contributed by atoms with Crippen LogP contribution in [0.3, 0.4) is 0 Å². The minimum Gasteiger partial charge on any atom is -0.422 e. The van der Waals surface area contributed by atoms with Gasteiger partial charge in [0.2, 0.25) is 5.91 Å². The maximum Gasteiger partial charge on any atom is 0.508 e. The van der Waals surface area contributed by atoms with Gasteiger partial charge in [0.1, 0.15) is 0 Å². The summed E-state index contributed by atoms with van der Waals surface area (Å²) >= 11 is 0. The third-order valence-corrected chi connectivity index (χ3v) is 1.50. The van der Waals surface area contributed by atoms with Crippen LogP contribution in [0, 0.1) is 0 Å². The lowest BCUT2D eigenvalue weighted by Crippen LogP contribution is -2.32. The van der Waals surface area contributed by atoms with Crippen LogP contribution in [0.1, 0.15) is 0 Å². The Balaban J connectivity index is 2.83. The highest BCUT2D eigenvalue weighted by Crippen LogP contribution is 2.01. The molecule has 1 heterocycles. The number of aromatic nitrogens is 1. The number of carbonyl (C=O) groups is 1. The molecule has 0 spiro atoms. The van der Waals surface area contributed by atoms with Gasteiger partial charge in [-0.05, 0) is 18.2 Å². The van der Waals surface area contributed by atoms with Crippen LogP contribution in [-0.2, 0) is 4.79 Å². The summed E-state index contributed by atoms with van der Waals surface area (Å²) in [7, 11) is -1.64. The van der Waals surface area contributed by atoms with Crippen molar-refractivity contribution in [3.63, 3.8) is 0 Å². The van der Waals surface area contributed by atoms with Gasteiger partial charge in [-0.25, -0.2) is 0 Å². The second-order valence-electron chi connectivity index (χ2n) is 2.54. The number of nitrogens with zero attached hydrogens (tertiary/aromatic N) is 1. The third kappa shape index (κ3) is 2.68. The van der Waals surface area contributed by atoms with Crippen molar-refractivity contribution in [2.24, 2.45) is 0 Å². The van der Waals surface area contributed by atoms with Gasteiger partial charge in [-0.1, -0.05) is 6.58 Å². The number of hydrogen-bond acceptors (Lipinski definition) is 4. The van der Waals surface area contributed by atoms with Crippen molar-refractivity contribution in [3.05, 3.63) is 31.0 Å². The van der Waals surface area contributed by atoms with Crippen LogP contribution in [-0.4, -0.2) is 28.1 Å². The highest BCUT2D eigenvalue weighted by Gasteiger charge is 2.12. The quantitative estimate of drug-likeness (QED) is 0.418. The van der Waals surface area contributed by atoms with Gasteiger partial charge in [-0.15, -0.1) is 0 Å². The number of amides is 1. The van der Waals surface area contributed by atoms with Crippen LogP contribution in [0.4, 0.5) is 5.69 Å². The maximum absolute atomic E-state index is 10.9. The van der Waals surface area contributed by atoms with Crippen molar-refractivity contribution in [2.45, 2.75) is 0 Å². The summed E-state index contributed by atoms with van der Waals surface area (Å²) in [5, 5.41) is 20.1. The molecule has 0 atom stereocenters. The van der Waals surface area contributed by atoms with Crippen molar-refractivity contribution in [1.29, 1.82) is 0 Å². The molecule has 1 rings (SSSR count). The first-order valence-corrected chi connectivity index (χ1v) is 3.89. The van der Waals surface area contributed by atoms with Crippen molar-refractivity contribution in [1.82, 2.24) is 4.98 Å². The zero-order chi connectivity index (χ0) is 10.6. The minimum atomic E-state index is -1.64. The lowest BCUT2D eigenvalue weighted by Gasteiger charge is -2.03. The molecule has 0 unspecified atom stereocenters. The van der Waals surface area contributed by atoms with Crippen molar-refractivity contribution in [2.75, 3.05) is 5.32 Å². The Bertz CT molecular complexity index is 354. The minimum absolute atomic E-state index is 0.0758. The number of nitrogens with one attached hydrogen (secondary N) is 1. The highest BCUT2D eigenvalue weighted by atomic mass is 16.4. The van der Waals surface area contributed by atoms with E-state index in [1.165, 1.54) is 18.3 Å². The Morgan fingerprint density at radius 1 is 1.64 bits per heavy atom. The van der Waals surface area contributed by atoms with E-state index >= 15 is 0 Å². The smallest absolute Gasteiger partial charge is 0.422 e. The summed E-state index contributed by atoms with van der Waals surface area (Å²) in [6.07, 6.45) is 2.49. The fourth-order valence-corrected chi connectivity index (χ4v) is 0.861. The molecule has 0 radical (unpaired) electrons. The highest BCUT2D eigenvalue weighted by molar-refractivity contribution is 6.57. The predicted octanol–water partition coefficient (Wildman–Crippen LogP) is -1.11. The van der Waals surface area contributed by atoms with Crippen LogP contribution < -0.4 is 10.9 Å². The molecule has 14 heavy (non-hydrogen) atoms. The normalized spacial score (nSPS) is 9.29. The topological polar surface area (TPSA) is 82.5 Å². The molecule has 1 aromatic rings. The van der Waals surface area contributed by atoms with Gasteiger partial charge in [-0.2, -0.15) is 0 Å². The molecule has 6 heteroatoms. The Morgan fingerprint density at radius 2 is 2.36 bits per heavy atom. The molecular formula is C8H9BN2O3. The van der Waals surface area contributed by atoms with E-state index in [2.05, 4.69) is 16.9 Å². The molecule has 0 aliphatic carbocycles. The van der Waals surface area contributed by atoms with Crippen molar-refractivity contribution >= 4 is 24.3 Å². The van der Waals surface area contributed by atoms with Gasteiger partial charge in [0.25, 0.3) is 0 Å². The number of rotatable bonds is 3. The molecule has 0 fully saturated rings. The Morgan fingerprint density at radius 3 is 2.93 bits per heavy atom. The molecule has 0 bridgehead atoms. The van der Waals surface area contributed by atoms with Gasteiger partial charge in [-0.3, -0.25) is 9.78 Å². The first kappa shape index (κ1) is 10.4. The number of hydrogen-bond donors (Lipinski definition) is 3. The molecule has 0 saturated heterocycles. The second-order valence-corrected chi connectivity index (χ2v) is 2.54. The first-order valence-electron chi connectivity index (χ1n) is 3.89. The maximum atomic E-state index is 10.9. The van der Waals surface area contributed by atoms with Gasteiger partial charge >= 0.3 is 7.12 Å². The van der Waals surface area contributed by atoms with E-state index in [0.717, 1.165) is 6.08 Å². The average molecular weight is 192 g/mol. The first-order chi connectivity index (χ1) is 6.63. The SMILES string of the molecule is C=CC(=O)Nc1ccnc(B(O)O)c1. The van der Waals surface area contributed by atoms with Gasteiger partial charge in [0.05, 0.1) is 5.59 Å². The standard InChI is InChI=1S/C8H9BN2O3/c1-2-8(12)11-6-3-4-10-7(5-6)9(13)14/h2-5,13-14H,1H2,(H,10,11,12). The second kappa shape index (κ2) is 4.54. The van der Waals surface area contributed by atoms with Crippen molar-refractivity contribution < 1.29 is 14.8 Å². The van der Waals surface area contributed by atoms with E-state index in [1.807, 2.05) is 0 Å². The summed E-state index contributed by atoms with van der Waals surface area (Å²) in [5.74, 6) is -0.366. The predicted molar refractivity (Wildman–Crippen MR) is 52.9 cm³/mol. The molecule has 3 N–H and O–H groups in total. The monoisotopic (exact) mass is 192 g/mol. The fraction of sp³-hybridized carbons (Fsp3) is 0. The molecule has 0 saturated carbocycles. The summed E-state index contributed by atoms with van der Waals surface area (Å²) in [6.45, 7) is 3.29. The molecule has 0 aliphatic heterocycles. The zero-order valence-electron chi connectivity index (χ0n) is 7.34. The Hall–Kier alpha value is -1.66. The van der Waals surface area contributed by atoms with E-state index in [-0.39, 0.29) is 11.5 Å². The van der Waals surface area contributed by atoms with Gasteiger partial charge in [0, 0.05) is 11.9 Å². The van der Waals surface area contributed by atoms with Crippen LogP contribution in [0.25, 0.3) is 0 Å². The average Bonchev–Trinajstić information content (AvgIpc) is 2.18. The van der Waals surface area contributed by atoms with Gasteiger partial charge < -0.3 is 15.4 Å². The summed E-state index contributed by atoms with van der Waals surface area (Å²) in [6, 6.07) is 2.90. The Labute approximate surface area is 81.2 Å². The van der Waals surface area contributed by atoms with E-state index in [1.54, 1.807) is 0 Å². The molecular weight excluding hydrogens is 183 g/mol. The lowest BCUT2D eigenvalue weighted by atomic mass is 9.85. The molecule has 72 valence electrons. The Kier molecular flexibility index (Phi) is 3.38. The van der Waals surface area contributed by atoms with Crippen LogP contribution >= 0.6 is 0 Å². The molecule has 0 aromatic carbocycles. The van der Waals surface area contributed by atoms with Crippen LogP contribution in [0.5, 0.6) is 0 Å². The van der Waals surface area contributed by atoms with E-state index in [9.17, 15) is 4.79 Å². The lowest BCUT2D eigenvalue weighted by molar-refractivity contribution is -0.111. The molecule has 5 nitrogen and oxygen atoms in total. The summed E-state index contributed by atoms with van der Waals surface area (Å²) < 4.78 is 0.